The van der Waals surface area contributed by atoms with Crippen LogP contribution in [0.5, 0.6) is 0 Å². The van der Waals surface area contributed by atoms with Crippen molar-refractivity contribution in [2.24, 2.45) is 0 Å². The molecule has 0 spiro atoms. The molecule has 4 nitrogen and oxygen atoms in total. The number of benzene rings is 1. The van der Waals surface area contributed by atoms with Gasteiger partial charge in [0, 0.05) is 37.6 Å². The molecule has 0 fully saturated rings. The van der Waals surface area contributed by atoms with Gasteiger partial charge in [-0.25, -0.2) is 0 Å². The van der Waals surface area contributed by atoms with Crippen LogP contribution in [0.3, 0.4) is 0 Å². The van der Waals surface area contributed by atoms with Crippen molar-refractivity contribution in [2.45, 2.75) is 45.6 Å². The first-order valence-corrected chi connectivity index (χ1v) is 8.67. The highest BCUT2D eigenvalue weighted by atomic mass is 16.3. The molecular weight excluding hydrogens is 274 g/mol. The van der Waals surface area contributed by atoms with E-state index in [-0.39, 0.29) is 6.10 Å². The van der Waals surface area contributed by atoms with Crippen molar-refractivity contribution in [3.05, 3.63) is 23.8 Å². The van der Waals surface area contributed by atoms with Gasteiger partial charge in [-0.15, -0.1) is 0 Å². The molecule has 0 saturated carbocycles. The molecule has 1 atom stereocenters. The summed E-state index contributed by atoms with van der Waals surface area (Å²) < 4.78 is 0. The number of nitrogens with two attached hydrogens (primary N) is 1. The Labute approximate surface area is 134 Å². The van der Waals surface area contributed by atoms with Gasteiger partial charge in [0.1, 0.15) is 0 Å². The summed E-state index contributed by atoms with van der Waals surface area (Å²) in [5.74, 6) is 0. The standard InChI is InChI=1S/C18H31N3O/c1-3-17(22)9-11-20(4-2)12-13-21-10-5-6-15-7-8-16(19)14-18(15)21/h7-8,14,17,22H,3-6,9-13,19H2,1-2H3. The lowest BCUT2D eigenvalue weighted by molar-refractivity contribution is 0.139. The molecule has 0 bridgehead atoms. The molecule has 0 aromatic heterocycles. The summed E-state index contributed by atoms with van der Waals surface area (Å²) in [5.41, 5.74) is 9.55. The number of fused-ring (bicyclic) bond motifs is 1. The number of aliphatic hydroxyl groups is 1. The Kier molecular flexibility index (Phi) is 6.52. The molecule has 1 unspecified atom stereocenters. The molecule has 2 rings (SSSR count). The average Bonchev–Trinajstić information content (AvgIpc) is 2.54. The summed E-state index contributed by atoms with van der Waals surface area (Å²) in [6.45, 7) is 9.44. The average molecular weight is 305 g/mol. The Hall–Kier alpha value is -1.26. The van der Waals surface area contributed by atoms with Crippen molar-refractivity contribution >= 4 is 11.4 Å². The van der Waals surface area contributed by atoms with Crippen molar-refractivity contribution in [1.82, 2.24) is 4.90 Å². The molecule has 1 aromatic rings. The van der Waals surface area contributed by atoms with E-state index in [4.69, 9.17) is 5.73 Å². The molecule has 0 saturated heterocycles. The lowest BCUT2D eigenvalue weighted by Gasteiger charge is -2.33. The van der Waals surface area contributed by atoms with Crippen molar-refractivity contribution in [1.29, 1.82) is 0 Å². The molecule has 1 aromatic carbocycles. The third kappa shape index (κ3) is 4.62. The normalized spacial score (nSPS) is 15.9. The quantitative estimate of drug-likeness (QED) is 0.725. The number of anilines is 2. The highest BCUT2D eigenvalue weighted by molar-refractivity contribution is 5.62. The molecule has 22 heavy (non-hydrogen) atoms. The van der Waals surface area contributed by atoms with Gasteiger partial charge < -0.3 is 20.6 Å². The SMILES string of the molecule is CCC(O)CCN(CC)CCN1CCCc2ccc(N)cc21. The summed E-state index contributed by atoms with van der Waals surface area (Å²) >= 11 is 0. The number of nitrogen functional groups attached to an aromatic ring is 1. The molecule has 0 aliphatic carbocycles. The third-order valence-corrected chi connectivity index (χ3v) is 4.71. The minimum absolute atomic E-state index is 0.162. The Morgan fingerprint density at radius 3 is 2.86 bits per heavy atom. The highest BCUT2D eigenvalue weighted by Crippen LogP contribution is 2.28. The molecule has 3 N–H and O–H groups in total. The third-order valence-electron chi connectivity index (χ3n) is 4.71. The fourth-order valence-corrected chi connectivity index (χ4v) is 3.13. The maximum absolute atomic E-state index is 9.73. The van der Waals surface area contributed by atoms with Crippen molar-refractivity contribution in [3.8, 4) is 0 Å². The van der Waals surface area contributed by atoms with Crippen LogP contribution in [-0.2, 0) is 6.42 Å². The van der Waals surface area contributed by atoms with E-state index in [0.717, 1.165) is 57.7 Å². The van der Waals surface area contributed by atoms with Crippen LogP contribution in [0.15, 0.2) is 18.2 Å². The number of hydrogen-bond donors (Lipinski definition) is 2. The summed E-state index contributed by atoms with van der Waals surface area (Å²) in [6.07, 6.45) is 3.93. The first-order valence-electron chi connectivity index (χ1n) is 8.67. The predicted molar refractivity (Wildman–Crippen MR) is 94.4 cm³/mol. The van der Waals surface area contributed by atoms with Crippen LogP contribution in [0.1, 0.15) is 38.7 Å². The molecule has 0 radical (unpaired) electrons. The second-order valence-electron chi connectivity index (χ2n) is 6.26. The van der Waals surface area contributed by atoms with E-state index in [0.29, 0.717) is 0 Å². The largest absolute Gasteiger partial charge is 0.399 e. The number of rotatable bonds is 8. The van der Waals surface area contributed by atoms with Gasteiger partial charge in [0.15, 0.2) is 0 Å². The maximum atomic E-state index is 9.73. The second kappa shape index (κ2) is 8.39. The van der Waals surface area contributed by atoms with Crippen LogP contribution in [-0.4, -0.2) is 48.8 Å². The fourth-order valence-electron chi connectivity index (χ4n) is 3.13. The van der Waals surface area contributed by atoms with Crippen LogP contribution < -0.4 is 10.6 Å². The lowest BCUT2D eigenvalue weighted by atomic mass is 10.0. The first kappa shape index (κ1) is 17.1. The van der Waals surface area contributed by atoms with E-state index in [2.05, 4.69) is 28.9 Å². The minimum atomic E-state index is -0.162. The van der Waals surface area contributed by atoms with Gasteiger partial charge in [-0.2, -0.15) is 0 Å². The monoisotopic (exact) mass is 305 g/mol. The van der Waals surface area contributed by atoms with E-state index < -0.39 is 0 Å². The Bertz CT molecular complexity index is 464. The topological polar surface area (TPSA) is 52.7 Å². The Balaban J connectivity index is 1.90. The van der Waals surface area contributed by atoms with Crippen LogP contribution >= 0.6 is 0 Å². The molecule has 4 heteroatoms. The van der Waals surface area contributed by atoms with Crippen LogP contribution in [0.4, 0.5) is 11.4 Å². The summed E-state index contributed by atoms with van der Waals surface area (Å²) in [4.78, 5) is 4.90. The second-order valence-corrected chi connectivity index (χ2v) is 6.26. The molecule has 0 amide bonds. The molecular formula is C18H31N3O. The van der Waals surface area contributed by atoms with E-state index in [1.54, 1.807) is 0 Å². The number of aliphatic hydroxyl groups excluding tert-OH is 1. The zero-order chi connectivity index (χ0) is 15.9. The van der Waals surface area contributed by atoms with E-state index >= 15 is 0 Å². The minimum Gasteiger partial charge on any atom is -0.399 e. The molecule has 1 aliphatic heterocycles. The van der Waals surface area contributed by atoms with Crippen LogP contribution in [0, 0.1) is 0 Å². The number of nitrogens with zero attached hydrogens (tertiary/aromatic N) is 2. The van der Waals surface area contributed by atoms with E-state index in [1.165, 1.54) is 17.7 Å². The van der Waals surface area contributed by atoms with Crippen LogP contribution in [0.25, 0.3) is 0 Å². The molecule has 1 aliphatic rings. The van der Waals surface area contributed by atoms with Gasteiger partial charge in [-0.05, 0) is 49.9 Å². The maximum Gasteiger partial charge on any atom is 0.0549 e. The van der Waals surface area contributed by atoms with Gasteiger partial charge in [0.25, 0.3) is 0 Å². The predicted octanol–water partition coefficient (Wildman–Crippen LogP) is 2.50. The first-order chi connectivity index (χ1) is 10.6. The van der Waals surface area contributed by atoms with Gasteiger partial charge in [-0.1, -0.05) is 19.9 Å². The van der Waals surface area contributed by atoms with Gasteiger partial charge in [-0.3, -0.25) is 0 Å². The van der Waals surface area contributed by atoms with Crippen molar-refractivity contribution in [3.63, 3.8) is 0 Å². The lowest BCUT2D eigenvalue weighted by Crippen LogP contribution is -2.38. The fraction of sp³-hybridized carbons (Fsp3) is 0.667. The zero-order valence-corrected chi connectivity index (χ0v) is 14.1. The van der Waals surface area contributed by atoms with Crippen molar-refractivity contribution < 1.29 is 5.11 Å². The van der Waals surface area contributed by atoms with Crippen LogP contribution in [0.2, 0.25) is 0 Å². The van der Waals surface area contributed by atoms with Gasteiger partial charge in [0.05, 0.1) is 6.10 Å². The zero-order valence-electron chi connectivity index (χ0n) is 14.1. The smallest absolute Gasteiger partial charge is 0.0549 e. The van der Waals surface area contributed by atoms with Gasteiger partial charge >= 0.3 is 0 Å². The van der Waals surface area contributed by atoms with Crippen molar-refractivity contribution in [2.75, 3.05) is 43.4 Å². The summed E-state index contributed by atoms with van der Waals surface area (Å²) in [7, 11) is 0. The molecule has 124 valence electrons. The summed E-state index contributed by atoms with van der Waals surface area (Å²) in [6, 6.07) is 6.30. The van der Waals surface area contributed by atoms with Gasteiger partial charge in [0.2, 0.25) is 0 Å². The van der Waals surface area contributed by atoms with E-state index in [9.17, 15) is 5.11 Å². The van der Waals surface area contributed by atoms with E-state index in [1.807, 2.05) is 13.0 Å². The Morgan fingerprint density at radius 2 is 2.14 bits per heavy atom. The number of aryl methyl sites for hydroxylation is 1. The number of likely N-dealkylation sites (N-methyl/N-ethyl adjacent to an activating group) is 1. The molecule has 1 heterocycles. The Morgan fingerprint density at radius 1 is 1.32 bits per heavy atom. The number of hydrogen-bond acceptors (Lipinski definition) is 4. The highest BCUT2D eigenvalue weighted by Gasteiger charge is 2.17. The summed E-state index contributed by atoms with van der Waals surface area (Å²) in [5, 5.41) is 9.73.